The number of nitrogens with two attached hydrogens (primary N) is 2. The monoisotopic (exact) mass is 194 g/mol. The van der Waals surface area contributed by atoms with Gasteiger partial charge in [0, 0.05) is 18.8 Å². The molecule has 4 nitrogen and oxygen atoms in total. The lowest BCUT2D eigenvalue weighted by molar-refractivity contribution is 0.0183. The highest BCUT2D eigenvalue weighted by molar-refractivity contribution is 5.19. The van der Waals surface area contributed by atoms with E-state index < -0.39 is 0 Å². The molecule has 0 aliphatic carbocycles. The van der Waals surface area contributed by atoms with E-state index in [1.54, 1.807) is 0 Å². The molecule has 0 aromatic carbocycles. The summed E-state index contributed by atoms with van der Waals surface area (Å²) in [6.45, 7) is 5.08. The lowest BCUT2D eigenvalue weighted by atomic mass is 9.80. The average molecular weight is 194 g/mol. The Morgan fingerprint density at radius 3 is 2.43 bits per heavy atom. The van der Waals surface area contributed by atoms with Crippen molar-refractivity contribution in [3.63, 3.8) is 0 Å². The van der Waals surface area contributed by atoms with Crippen LogP contribution in [0, 0.1) is 0 Å². The first-order valence-electron chi connectivity index (χ1n) is 5.01. The molecule has 0 radical (unpaired) electrons. The highest BCUT2D eigenvalue weighted by Crippen LogP contribution is 2.31. The van der Waals surface area contributed by atoms with Crippen LogP contribution in [-0.2, 0) is 0 Å². The fourth-order valence-corrected chi connectivity index (χ4v) is 1.94. The van der Waals surface area contributed by atoms with Crippen LogP contribution in [0.25, 0.3) is 0 Å². The highest BCUT2D eigenvalue weighted by Gasteiger charge is 2.47. The van der Waals surface area contributed by atoms with Crippen molar-refractivity contribution in [2.45, 2.75) is 18.9 Å². The topological polar surface area (TPSA) is 67.3 Å². The van der Waals surface area contributed by atoms with Gasteiger partial charge in [0.05, 0.1) is 11.4 Å². The molecule has 0 amide bonds. The van der Waals surface area contributed by atoms with Crippen molar-refractivity contribution in [3.8, 4) is 0 Å². The maximum atomic E-state index is 5.89. The zero-order valence-corrected chi connectivity index (χ0v) is 8.59. The smallest absolute Gasteiger partial charge is 0.0988 e. The van der Waals surface area contributed by atoms with Gasteiger partial charge in [0.15, 0.2) is 0 Å². The van der Waals surface area contributed by atoms with Crippen LogP contribution < -0.4 is 16.8 Å². The molecule has 14 heavy (non-hydrogen) atoms. The summed E-state index contributed by atoms with van der Waals surface area (Å²) in [6, 6.07) is 0. The zero-order valence-electron chi connectivity index (χ0n) is 8.59. The Morgan fingerprint density at radius 2 is 2.00 bits per heavy atom. The molecule has 0 saturated carbocycles. The summed E-state index contributed by atoms with van der Waals surface area (Å²) in [6.07, 6.45) is 5.00. The van der Waals surface area contributed by atoms with Gasteiger partial charge in [-0.25, -0.2) is 0 Å². The molecule has 78 valence electrons. The minimum absolute atomic E-state index is 0.389. The largest absolute Gasteiger partial charge is 0.402 e. The number of rotatable bonds is 2. The second-order valence-corrected chi connectivity index (χ2v) is 4.32. The van der Waals surface area contributed by atoms with Gasteiger partial charge in [0.2, 0.25) is 0 Å². The first-order valence-corrected chi connectivity index (χ1v) is 5.01. The number of nitrogens with one attached hydrogen (secondary N) is 1. The number of allylic oxidation sites excluding steroid dienone is 3. The van der Waals surface area contributed by atoms with Gasteiger partial charge in [-0.05, 0) is 32.0 Å². The minimum atomic E-state index is 0.389. The molecule has 0 atom stereocenters. The summed E-state index contributed by atoms with van der Waals surface area (Å²) in [5.41, 5.74) is 12.6. The van der Waals surface area contributed by atoms with E-state index in [0.29, 0.717) is 5.54 Å². The molecule has 4 heteroatoms. The Morgan fingerprint density at radius 1 is 1.36 bits per heavy atom. The molecule has 5 N–H and O–H groups in total. The van der Waals surface area contributed by atoms with Gasteiger partial charge in [-0.3, -0.25) is 0 Å². The maximum absolute atomic E-state index is 5.89. The van der Waals surface area contributed by atoms with Gasteiger partial charge in [-0.2, -0.15) is 0 Å². The fraction of sp³-hybridized carbons (Fsp3) is 0.600. The van der Waals surface area contributed by atoms with Crippen molar-refractivity contribution >= 4 is 0 Å². The number of hydrogen-bond donors (Lipinski definition) is 3. The number of hydrogen-bond acceptors (Lipinski definition) is 4. The number of likely N-dealkylation sites (tertiary alicyclic amines) is 1. The molecule has 2 fully saturated rings. The minimum Gasteiger partial charge on any atom is -0.402 e. The van der Waals surface area contributed by atoms with Crippen LogP contribution in [0.3, 0.4) is 0 Å². The first kappa shape index (κ1) is 9.40. The average Bonchev–Trinajstić information content (AvgIpc) is 1.95. The molecular formula is C10H18N4. The quantitative estimate of drug-likeness (QED) is 0.528. The lowest BCUT2D eigenvalue weighted by Crippen LogP contribution is -2.75. The van der Waals surface area contributed by atoms with E-state index in [1.165, 1.54) is 6.42 Å². The third-order valence-corrected chi connectivity index (χ3v) is 2.97. The molecule has 0 unspecified atom stereocenters. The summed E-state index contributed by atoms with van der Waals surface area (Å²) in [5.74, 6) is 0.814. The van der Waals surface area contributed by atoms with Crippen molar-refractivity contribution in [2.24, 2.45) is 11.5 Å². The Labute approximate surface area is 84.6 Å². The Hall–Kier alpha value is -1.16. The Bertz CT molecular complexity index is 276. The zero-order chi connectivity index (χ0) is 10.2. The summed E-state index contributed by atoms with van der Waals surface area (Å²) < 4.78 is 0. The van der Waals surface area contributed by atoms with E-state index in [-0.39, 0.29) is 0 Å². The Balaban J connectivity index is 1.86. The fourth-order valence-electron chi connectivity index (χ4n) is 1.94. The molecule has 1 spiro atoms. The van der Waals surface area contributed by atoms with Gasteiger partial charge in [0.25, 0.3) is 0 Å². The molecule has 0 aromatic heterocycles. The summed E-state index contributed by atoms with van der Waals surface area (Å²) in [4.78, 5) is 2.17. The third kappa shape index (κ3) is 1.57. The van der Waals surface area contributed by atoms with Crippen molar-refractivity contribution in [1.82, 2.24) is 10.2 Å². The van der Waals surface area contributed by atoms with Crippen molar-refractivity contribution in [1.29, 1.82) is 0 Å². The van der Waals surface area contributed by atoms with E-state index >= 15 is 0 Å². The van der Waals surface area contributed by atoms with Crippen LogP contribution in [0.5, 0.6) is 0 Å². The SMILES string of the molecule is C/C(N)=C/C=C(\N)N1CC2(CCN2)C1. The molecule has 2 saturated heterocycles. The Kier molecular flexibility index (Phi) is 2.15. The highest BCUT2D eigenvalue weighted by atomic mass is 15.3. The lowest BCUT2D eigenvalue weighted by Gasteiger charge is -2.57. The summed E-state index contributed by atoms with van der Waals surface area (Å²) in [7, 11) is 0. The maximum Gasteiger partial charge on any atom is 0.0988 e. The van der Waals surface area contributed by atoms with Crippen LogP contribution in [0.1, 0.15) is 13.3 Å². The van der Waals surface area contributed by atoms with Gasteiger partial charge in [-0.1, -0.05) is 0 Å². The van der Waals surface area contributed by atoms with Crippen molar-refractivity contribution in [3.05, 3.63) is 23.7 Å². The van der Waals surface area contributed by atoms with E-state index in [1.807, 2.05) is 19.1 Å². The summed E-state index contributed by atoms with van der Waals surface area (Å²) in [5, 5.41) is 3.44. The van der Waals surface area contributed by atoms with Crippen LogP contribution >= 0.6 is 0 Å². The molecule has 2 aliphatic heterocycles. The van der Waals surface area contributed by atoms with Gasteiger partial charge in [0.1, 0.15) is 0 Å². The van der Waals surface area contributed by atoms with Gasteiger partial charge >= 0.3 is 0 Å². The third-order valence-electron chi connectivity index (χ3n) is 2.97. The molecule has 2 aliphatic rings. The predicted octanol–water partition coefficient (Wildman–Crippen LogP) is -0.303. The second-order valence-electron chi connectivity index (χ2n) is 4.32. The van der Waals surface area contributed by atoms with E-state index in [9.17, 15) is 0 Å². The van der Waals surface area contributed by atoms with E-state index in [2.05, 4.69) is 10.2 Å². The standard InChI is InChI=1S/C10H18N4/c1-8(11)2-3-9(12)14-6-10(7-14)4-5-13-10/h2-3,13H,4-7,11-12H2,1H3/b8-2-,9-3+. The van der Waals surface area contributed by atoms with Gasteiger partial charge < -0.3 is 21.7 Å². The summed E-state index contributed by atoms with van der Waals surface area (Å²) >= 11 is 0. The van der Waals surface area contributed by atoms with Crippen LogP contribution in [-0.4, -0.2) is 30.1 Å². The molecule has 0 bridgehead atoms. The van der Waals surface area contributed by atoms with E-state index in [4.69, 9.17) is 11.5 Å². The molecule has 0 aromatic rings. The van der Waals surface area contributed by atoms with Crippen molar-refractivity contribution < 1.29 is 0 Å². The second kappa shape index (κ2) is 3.20. The molecular weight excluding hydrogens is 176 g/mol. The predicted molar refractivity (Wildman–Crippen MR) is 57.1 cm³/mol. The van der Waals surface area contributed by atoms with Crippen LogP contribution in [0.4, 0.5) is 0 Å². The van der Waals surface area contributed by atoms with Gasteiger partial charge in [-0.15, -0.1) is 0 Å². The van der Waals surface area contributed by atoms with Crippen molar-refractivity contribution in [2.75, 3.05) is 19.6 Å². The normalized spacial score (nSPS) is 25.9. The molecule has 2 heterocycles. The van der Waals surface area contributed by atoms with Crippen LogP contribution in [0.15, 0.2) is 23.7 Å². The first-order chi connectivity index (χ1) is 6.61. The van der Waals surface area contributed by atoms with Crippen LogP contribution in [0.2, 0.25) is 0 Å². The van der Waals surface area contributed by atoms with E-state index in [0.717, 1.165) is 31.2 Å². The molecule has 2 rings (SSSR count). The number of nitrogens with zero attached hydrogens (tertiary/aromatic N) is 1.